The van der Waals surface area contributed by atoms with E-state index in [1.807, 2.05) is 30.3 Å². The second-order valence-corrected chi connectivity index (χ2v) is 5.77. The van der Waals surface area contributed by atoms with Crippen LogP contribution in [0.5, 0.6) is 5.75 Å². The van der Waals surface area contributed by atoms with E-state index in [9.17, 15) is 9.90 Å². The Morgan fingerprint density at radius 3 is 2.79 bits per heavy atom. The molecule has 1 aromatic carbocycles. The Hall–Kier alpha value is -2.60. The Morgan fingerprint density at radius 1 is 1.33 bits per heavy atom. The number of methoxy groups -OCH3 is 1. The molecular weight excluding hydrogens is 306 g/mol. The number of aromatic nitrogens is 1. The van der Waals surface area contributed by atoms with Crippen LogP contribution in [0.3, 0.4) is 0 Å². The van der Waals surface area contributed by atoms with E-state index in [-0.39, 0.29) is 12.1 Å². The molecule has 1 fully saturated rings. The number of carbonyl (C=O) groups is 1. The van der Waals surface area contributed by atoms with E-state index in [2.05, 4.69) is 10.3 Å². The quantitative estimate of drug-likeness (QED) is 0.905. The van der Waals surface area contributed by atoms with Gasteiger partial charge in [0.15, 0.2) is 0 Å². The molecule has 2 aromatic rings. The van der Waals surface area contributed by atoms with Gasteiger partial charge in [-0.3, -0.25) is 5.32 Å². The molecule has 1 aromatic heterocycles. The summed E-state index contributed by atoms with van der Waals surface area (Å²) in [5.41, 5.74) is 0.776. The van der Waals surface area contributed by atoms with Gasteiger partial charge in [-0.2, -0.15) is 0 Å². The molecule has 0 radical (unpaired) electrons. The van der Waals surface area contributed by atoms with Crippen molar-refractivity contribution in [3.8, 4) is 5.75 Å². The van der Waals surface area contributed by atoms with Crippen LogP contribution in [-0.2, 0) is 0 Å². The van der Waals surface area contributed by atoms with Gasteiger partial charge in [0.2, 0.25) is 0 Å². The highest BCUT2D eigenvalue weighted by atomic mass is 16.5. The van der Waals surface area contributed by atoms with Crippen LogP contribution >= 0.6 is 0 Å². The minimum absolute atomic E-state index is 0.233. The van der Waals surface area contributed by atoms with Crippen LogP contribution in [0.15, 0.2) is 48.7 Å². The number of nitrogens with one attached hydrogen (secondary N) is 1. The van der Waals surface area contributed by atoms with Gasteiger partial charge in [-0.05, 0) is 42.7 Å². The molecule has 0 bridgehead atoms. The highest BCUT2D eigenvalue weighted by molar-refractivity contribution is 5.88. The van der Waals surface area contributed by atoms with Gasteiger partial charge in [-0.1, -0.05) is 18.2 Å². The van der Waals surface area contributed by atoms with Crippen molar-refractivity contribution in [3.05, 3.63) is 54.2 Å². The van der Waals surface area contributed by atoms with Crippen molar-refractivity contribution in [1.82, 2.24) is 9.88 Å². The number of anilines is 1. The number of pyridine rings is 1. The molecule has 6 heteroatoms. The summed E-state index contributed by atoms with van der Waals surface area (Å²) >= 11 is 0. The van der Waals surface area contributed by atoms with E-state index < -0.39 is 6.10 Å². The molecule has 0 aliphatic carbocycles. The summed E-state index contributed by atoms with van der Waals surface area (Å²) in [6, 6.07) is 12.2. The molecule has 0 saturated carbocycles. The third-order valence-corrected chi connectivity index (χ3v) is 4.28. The SMILES string of the molecule is COc1ccc([C@H](O)[C@@H]2CCCN2C(=O)Nc2ccccn2)cc1. The molecule has 2 heterocycles. The Morgan fingerprint density at radius 2 is 2.12 bits per heavy atom. The largest absolute Gasteiger partial charge is 0.497 e. The molecule has 1 aliphatic heterocycles. The predicted octanol–water partition coefficient (Wildman–Crippen LogP) is 2.82. The number of hydrogen-bond donors (Lipinski definition) is 2. The molecule has 2 atom stereocenters. The van der Waals surface area contributed by atoms with Crippen LogP contribution in [0.2, 0.25) is 0 Å². The first-order valence-corrected chi connectivity index (χ1v) is 7.99. The first kappa shape index (κ1) is 16.3. The van der Waals surface area contributed by atoms with Gasteiger partial charge in [0.25, 0.3) is 0 Å². The molecule has 1 saturated heterocycles. The van der Waals surface area contributed by atoms with Crippen LogP contribution in [0.1, 0.15) is 24.5 Å². The van der Waals surface area contributed by atoms with E-state index in [1.165, 1.54) is 0 Å². The molecule has 126 valence electrons. The van der Waals surface area contributed by atoms with Gasteiger partial charge in [0.1, 0.15) is 11.6 Å². The first-order valence-electron chi connectivity index (χ1n) is 7.99. The van der Waals surface area contributed by atoms with Gasteiger partial charge >= 0.3 is 6.03 Å². The maximum Gasteiger partial charge on any atom is 0.323 e. The number of urea groups is 1. The fourth-order valence-electron chi connectivity index (χ4n) is 3.01. The van der Waals surface area contributed by atoms with E-state index in [0.717, 1.165) is 24.2 Å². The van der Waals surface area contributed by atoms with E-state index >= 15 is 0 Å². The number of ether oxygens (including phenoxy) is 1. The first-order chi connectivity index (χ1) is 11.7. The number of nitrogens with zero attached hydrogens (tertiary/aromatic N) is 2. The number of hydrogen-bond acceptors (Lipinski definition) is 4. The van der Waals surface area contributed by atoms with Gasteiger partial charge in [-0.25, -0.2) is 9.78 Å². The normalized spacial score (nSPS) is 18.2. The molecule has 2 amide bonds. The average molecular weight is 327 g/mol. The summed E-state index contributed by atoms with van der Waals surface area (Å²) < 4.78 is 5.14. The number of benzene rings is 1. The summed E-state index contributed by atoms with van der Waals surface area (Å²) in [5, 5.41) is 13.5. The lowest BCUT2D eigenvalue weighted by Gasteiger charge is -2.29. The van der Waals surface area contributed by atoms with Crippen molar-refractivity contribution in [2.24, 2.45) is 0 Å². The summed E-state index contributed by atoms with van der Waals surface area (Å²) in [5.74, 6) is 1.24. The zero-order valence-corrected chi connectivity index (χ0v) is 13.6. The smallest absolute Gasteiger partial charge is 0.323 e. The highest BCUT2D eigenvalue weighted by Crippen LogP contribution is 2.30. The van der Waals surface area contributed by atoms with E-state index in [0.29, 0.717) is 12.4 Å². The summed E-state index contributed by atoms with van der Waals surface area (Å²) in [6.45, 7) is 0.622. The second kappa shape index (κ2) is 7.31. The number of likely N-dealkylation sites (tertiary alicyclic amines) is 1. The Labute approximate surface area is 141 Å². The van der Waals surface area contributed by atoms with E-state index in [4.69, 9.17) is 4.74 Å². The lowest BCUT2D eigenvalue weighted by atomic mass is 10.0. The van der Waals surface area contributed by atoms with Crippen LogP contribution in [0.4, 0.5) is 10.6 Å². The standard InChI is InChI=1S/C18H21N3O3/c1-24-14-9-7-13(8-10-14)17(22)15-5-4-12-21(15)18(23)20-16-6-2-3-11-19-16/h2-3,6-11,15,17,22H,4-5,12H2,1H3,(H,19,20,23)/t15-,17-/m0/s1. The predicted molar refractivity (Wildman–Crippen MR) is 90.9 cm³/mol. The summed E-state index contributed by atoms with van der Waals surface area (Å²) in [4.78, 5) is 18.3. The van der Waals surface area contributed by atoms with Crippen molar-refractivity contribution in [3.63, 3.8) is 0 Å². The van der Waals surface area contributed by atoms with Crippen molar-refractivity contribution in [2.45, 2.75) is 25.0 Å². The van der Waals surface area contributed by atoms with Crippen molar-refractivity contribution in [1.29, 1.82) is 0 Å². The van der Waals surface area contributed by atoms with Gasteiger partial charge in [0, 0.05) is 12.7 Å². The summed E-state index contributed by atoms with van der Waals surface area (Å²) in [7, 11) is 1.60. The minimum atomic E-state index is -0.729. The van der Waals surface area contributed by atoms with Crippen LogP contribution in [0, 0.1) is 0 Å². The second-order valence-electron chi connectivity index (χ2n) is 5.77. The van der Waals surface area contributed by atoms with Crippen molar-refractivity contribution < 1.29 is 14.6 Å². The zero-order chi connectivity index (χ0) is 16.9. The maximum absolute atomic E-state index is 12.5. The van der Waals surface area contributed by atoms with Crippen molar-refractivity contribution >= 4 is 11.8 Å². The Bertz CT molecular complexity index is 676. The molecule has 3 rings (SSSR count). The van der Waals surface area contributed by atoms with Crippen LogP contribution in [0.25, 0.3) is 0 Å². The fourth-order valence-corrected chi connectivity index (χ4v) is 3.01. The molecule has 1 aliphatic rings. The van der Waals surface area contributed by atoms with Crippen LogP contribution in [-0.4, -0.2) is 40.7 Å². The van der Waals surface area contributed by atoms with E-state index in [1.54, 1.807) is 30.3 Å². The Kier molecular flexibility index (Phi) is 4.96. The molecule has 0 unspecified atom stereocenters. The third kappa shape index (κ3) is 3.49. The molecule has 24 heavy (non-hydrogen) atoms. The fraction of sp³-hybridized carbons (Fsp3) is 0.333. The lowest BCUT2D eigenvalue weighted by molar-refractivity contribution is 0.0891. The molecule has 0 spiro atoms. The minimum Gasteiger partial charge on any atom is -0.497 e. The number of amides is 2. The maximum atomic E-state index is 12.5. The number of rotatable bonds is 4. The summed E-state index contributed by atoms with van der Waals surface area (Å²) in [6.07, 6.45) is 2.53. The molecular formula is C18H21N3O3. The van der Waals surface area contributed by atoms with Gasteiger partial charge in [0.05, 0.1) is 19.3 Å². The number of aliphatic hydroxyl groups excluding tert-OH is 1. The van der Waals surface area contributed by atoms with Gasteiger partial charge in [-0.15, -0.1) is 0 Å². The monoisotopic (exact) mass is 327 g/mol. The lowest BCUT2D eigenvalue weighted by Crippen LogP contribution is -2.41. The molecule has 2 N–H and O–H groups in total. The zero-order valence-electron chi connectivity index (χ0n) is 13.6. The highest BCUT2D eigenvalue weighted by Gasteiger charge is 2.34. The molecule has 6 nitrogen and oxygen atoms in total. The van der Waals surface area contributed by atoms with Gasteiger partial charge < -0.3 is 14.7 Å². The number of carbonyl (C=O) groups excluding carboxylic acids is 1. The average Bonchev–Trinajstić information content (AvgIpc) is 3.12. The third-order valence-electron chi connectivity index (χ3n) is 4.28. The van der Waals surface area contributed by atoms with Crippen LogP contribution < -0.4 is 10.1 Å². The van der Waals surface area contributed by atoms with Crippen molar-refractivity contribution in [2.75, 3.05) is 19.0 Å². The topological polar surface area (TPSA) is 74.7 Å². The number of aliphatic hydroxyl groups is 1. The Balaban J connectivity index is 1.70.